The number of thiophene rings is 1. The van der Waals surface area contributed by atoms with Crippen LogP contribution in [-0.4, -0.2) is 13.1 Å². The molecule has 4 heteroatoms. The third-order valence-corrected chi connectivity index (χ3v) is 5.13. The summed E-state index contributed by atoms with van der Waals surface area (Å²) in [6, 6.07) is 10.6. The van der Waals surface area contributed by atoms with Gasteiger partial charge < -0.3 is 5.32 Å². The molecule has 18 heavy (non-hydrogen) atoms. The quantitative estimate of drug-likeness (QED) is 0.840. The highest BCUT2D eigenvalue weighted by molar-refractivity contribution is 9.10. The van der Waals surface area contributed by atoms with Gasteiger partial charge in [-0.1, -0.05) is 23.7 Å². The van der Waals surface area contributed by atoms with Crippen LogP contribution in [0.25, 0.3) is 0 Å². The van der Waals surface area contributed by atoms with E-state index in [1.54, 1.807) is 11.3 Å². The number of likely N-dealkylation sites (N-methyl/N-ethyl adjacent to an activating group) is 1. The Morgan fingerprint density at radius 1 is 1.22 bits per heavy atom. The van der Waals surface area contributed by atoms with Crippen LogP contribution >= 0.6 is 38.9 Å². The number of hydrogen-bond donors (Lipinski definition) is 1. The lowest BCUT2D eigenvalue weighted by Crippen LogP contribution is -2.29. The van der Waals surface area contributed by atoms with Crippen LogP contribution in [0.4, 0.5) is 0 Å². The maximum absolute atomic E-state index is 5.90. The summed E-state index contributed by atoms with van der Waals surface area (Å²) in [5.74, 6) is 0. The van der Waals surface area contributed by atoms with Gasteiger partial charge in [-0.2, -0.15) is 0 Å². The molecule has 1 nitrogen and oxygen atoms in total. The Labute approximate surface area is 125 Å². The first-order chi connectivity index (χ1) is 8.69. The van der Waals surface area contributed by atoms with Gasteiger partial charge >= 0.3 is 0 Å². The van der Waals surface area contributed by atoms with E-state index in [9.17, 15) is 0 Å². The average Bonchev–Trinajstić information content (AvgIpc) is 2.77. The van der Waals surface area contributed by atoms with Crippen LogP contribution in [0.1, 0.15) is 10.4 Å². The summed E-state index contributed by atoms with van der Waals surface area (Å²) < 4.78 is 1.21. The molecule has 0 radical (unpaired) electrons. The van der Waals surface area contributed by atoms with Crippen LogP contribution < -0.4 is 5.32 Å². The Balaban J connectivity index is 2.01. The van der Waals surface area contributed by atoms with E-state index in [2.05, 4.69) is 44.8 Å². The minimum absolute atomic E-state index is 0.445. The second-order valence-corrected chi connectivity index (χ2v) is 6.50. The van der Waals surface area contributed by atoms with Gasteiger partial charge in [0.25, 0.3) is 0 Å². The second-order valence-electron chi connectivity index (χ2n) is 4.21. The molecule has 0 saturated carbocycles. The Hall–Kier alpha value is -0.350. The molecule has 1 aromatic heterocycles. The van der Waals surface area contributed by atoms with E-state index < -0.39 is 0 Å². The largest absolute Gasteiger partial charge is 0.316 e. The zero-order chi connectivity index (χ0) is 13.0. The van der Waals surface area contributed by atoms with E-state index in [1.807, 2.05) is 19.2 Å². The molecular formula is C14H15BrClNS. The first kappa shape index (κ1) is 14.1. The smallest absolute Gasteiger partial charge is 0.0406 e. The van der Waals surface area contributed by atoms with Gasteiger partial charge in [0.1, 0.15) is 0 Å². The molecule has 1 N–H and O–H groups in total. The van der Waals surface area contributed by atoms with Crippen LogP contribution in [0.3, 0.4) is 0 Å². The lowest BCUT2D eigenvalue weighted by Gasteiger charge is -2.15. The van der Waals surface area contributed by atoms with E-state index in [-0.39, 0.29) is 0 Å². The van der Waals surface area contributed by atoms with E-state index in [0.29, 0.717) is 6.04 Å². The zero-order valence-electron chi connectivity index (χ0n) is 10.1. The summed E-state index contributed by atoms with van der Waals surface area (Å²) in [5.41, 5.74) is 1.31. The van der Waals surface area contributed by atoms with Crippen LogP contribution in [0.15, 0.2) is 40.2 Å². The number of hydrogen-bond acceptors (Lipinski definition) is 2. The lowest BCUT2D eigenvalue weighted by atomic mass is 10.0. The summed E-state index contributed by atoms with van der Waals surface area (Å²) in [5, 5.41) is 6.30. The van der Waals surface area contributed by atoms with Crippen molar-refractivity contribution >= 4 is 38.9 Å². The fourth-order valence-corrected chi connectivity index (χ4v) is 3.60. The molecule has 0 aliphatic carbocycles. The Morgan fingerprint density at radius 2 is 1.94 bits per heavy atom. The standard InChI is InChI=1S/C14H15BrClNS/c1-17-12(9-14-13(15)6-7-18-14)8-10-2-4-11(16)5-3-10/h2-7,12,17H,8-9H2,1H3. The van der Waals surface area contributed by atoms with Gasteiger partial charge in [-0.3, -0.25) is 0 Å². The van der Waals surface area contributed by atoms with Gasteiger partial charge in [-0.15, -0.1) is 11.3 Å². The van der Waals surface area contributed by atoms with E-state index >= 15 is 0 Å². The summed E-state index contributed by atoms with van der Waals surface area (Å²) in [6.45, 7) is 0. The van der Waals surface area contributed by atoms with Crippen LogP contribution in [0, 0.1) is 0 Å². The maximum atomic E-state index is 5.90. The summed E-state index contributed by atoms with van der Waals surface area (Å²) in [6.07, 6.45) is 2.05. The van der Waals surface area contributed by atoms with Crippen molar-refractivity contribution in [1.82, 2.24) is 5.32 Å². The van der Waals surface area contributed by atoms with Crippen LogP contribution in [0.2, 0.25) is 5.02 Å². The molecule has 1 atom stereocenters. The highest BCUT2D eigenvalue weighted by Crippen LogP contribution is 2.24. The maximum Gasteiger partial charge on any atom is 0.0406 e. The molecule has 0 bridgehead atoms. The van der Waals surface area contributed by atoms with Gasteiger partial charge in [-0.25, -0.2) is 0 Å². The van der Waals surface area contributed by atoms with E-state index in [4.69, 9.17) is 11.6 Å². The predicted molar refractivity (Wildman–Crippen MR) is 83.7 cm³/mol. The van der Waals surface area contributed by atoms with Crippen LogP contribution in [-0.2, 0) is 12.8 Å². The molecule has 1 aromatic carbocycles. The van der Waals surface area contributed by atoms with Gasteiger partial charge in [0, 0.05) is 20.4 Å². The van der Waals surface area contributed by atoms with Crippen molar-refractivity contribution in [2.45, 2.75) is 18.9 Å². The molecule has 0 amide bonds. The Kier molecular flexibility index (Phi) is 5.25. The Morgan fingerprint density at radius 3 is 2.50 bits per heavy atom. The van der Waals surface area contributed by atoms with Crippen molar-refractivity contribution in [2.75, 3.05) is 7.05 Å². The third kappa shape index (κ3) is 3.82. The fourth-order valence-electron chi connectivity index (χ4n) is 1.88. The minimum atomic E-state index is 0.445. The summed E-state index contributed by atoms with van der Waals surface area (Å²) in [4.78, 5) is 1.39. The van der Waals surface area contributed by atoms with E-state index in [1.165, 1.54) is 14.9 Å². The first-order valence-corrected chi connectivity index (χ1v) is 7.87. The molecule has 2 rings (SSSR count). The van der Waals surface area contributed by atoms with Gasteiger partial charge in [0.05, 0.1) is 0 Å². The van der Waals surface area contributed by atoms with Crippen molar-refractivity contribution in [3.05, 3.63) is 55.6 Å². The molecule has 0 saturated heterocycles. The highest BCUT2D eigenvalue weighted by Gasteiger charge is 2.11. The van der Waals surface area contributed by atoms with Crippen molar-refractivity contribution in [3.8, 4) is 0 Å². The zero-order valence-corrected chi connectivity index (χ0v) is 13.3. The SMILES string of the molecule is CNC(Cc1ccc(Cl)cc1)Cc1sccc1Br. The predicted octanol–water partition coefficient (Wildman–Crippen LogP) is 4.54. The molecule has 0 aliphatic rings. The monoisotopic (exact) mass is 343 g/mol. The molecule has 0 aliphatic heterocycles. The summed E-state index contributed by atoms with van der Waals surface area (Å²) in [7, 11) is 2.02. The lowest BCUT2D eigenvalue weighted by molar-refractivity contribution is 0.559. The molecule has 1 heterocycles. The second kappa shape index (κ2) is 6.71. The molecule has 0 spiro atoms. The van der Waals surface area contributed by atoms with Gasteiger partial charge in [0.2, 0.25) is 0 Å². The van der Waals surface area contributed by atoms with E-state index in [0.717, 1.165) is 17.9 Å². The average molecular weight is 345 g/mol. The highest BCUT2D eigenvalue weighted by atomic mass is 79.9. The van der Waals surface area contributed by atoms with Crippen molar-refractivity contribution < 1.29 is 0 Å². The molecule has 1 unspecified atom stereocenters. The van der Waals surface area contributed by atoms with Gasteiger partial charge in [-0.05, 0) is 65.0 Å². The molecule has 0 fully saturated rings. The number of benzene rings is 1. The number of halogens is 2. The van der Waals surface area contributed by atoms with Crippen LogP contribution in [0.5, 0.6) is 0 Å². The molecule has 2 aromatic rings. The van der Waals surface area contributed by atoms with Crippen molar-refractivity contribution in [1.29, 1.82) is 0 Å². The first-order valence-electron chi connectivity index (χ1n) is 5.82. The Bertz CT molecular complexity index is 495. The van der Waals surface area contributed by atoms with Gasteiger partial charge in [0.15, 0.2) is 0 Å². The molecule has 96 valence electrons. The third-order valence-electron chi connectivity index (χ3n) is 2.93. The molecular weight excluding hydrogens is 330 g/mol. The number of nitrogens with one attached hydrogen (secondary N) is 1. The van der Waals surface area contributed by atoms with Crippen molar-refractivity contribution in [3.63, 3.8) is 0 Å². The fraction of sp³-hybridized carbons (Fsp3) is 0.286. The summed E-state index contributed by atoms with van der Waals surface area (Å²) >= 11 is 11.3. The topological polar surface area (TPSA) is 12.0 Å². The number of rotatable bonds is 5. The minimum Gasteiger partial charge on any atom is -0.316 e. The normalized spacial score (nSPS) is 12.6. The van der Waals surface area contributed by atoms with Crippen molar-refractivity contribution in [2.24, 2.45) is 0 Å².